The van der Waals surface area contributed by atoms with Crippen LogP contribution in [0.25, 0.3) is 72.6 Å². The fourth-order valence-corrected chi connectivity index (χ4v) is 5.53. The molecule has 5 nitrogen and oxygen atoms in total. The monoisotopic (exact) mass is 525 g/mol. The highest BCUT2D eigenvalue weighted by Crippen LogP contribution is 2.31. The Morgan fingerprint density at radius 1 is 0.439 bits per heavy atom. The Kier molecular flexibility index (Phi) is 5.38. The third-order valence-corrected chi connectivity index (χ3v) is 7.46. The minimum Gasteiger partial charge on any atom is -0.292 e. The van der Waals surface area contributed by atoms with E-state index in [-0.39, 0.29) is 0 Å². The first-order valence-electron chi connectivity index (χ1n) is 13.6. The zero-order valence-electron chi connectivity index (χ0n) is 22.0. The van der Waals surface area contributed by atoms with Gasteiger partial charge >= 0.3 is 0 Å². The molecule has 0 aliphatic rings. The van der Waals surface area contributed by atoms with Gasteiger partial charge < -0.3 is 0 Å². The number of benzene rings is 3. The molecule has 0 aliphatic carbocycles. The fraction of sp³-hybridized carbons (Fsp3) is 0. The van der Waals surface area contributed by atoms with Crippen molar-refractivity contribution in [2.75, 3.05) is 0 Å². The molecule has 41 heavy (non-hydrogen) atoms. The Morgan fingerprint density at radius 2 is 1.07 bits per heavy atom. The van der Waals surface area contributed by atoms with Crippen molar-refractivity contribution in [2.24, 2.45) is 0 Å². The molecule has 3 aromatic carbocycles. The molecule has 0 radical (unpaired) electrons. The quantitative estimate of drug-likeness (QED) is 0.231. The summed E-state index contributed by atoms with van der Waals surface area (Å²) in [6, 6.07) is 45.3. The lowest BCUT2D eigenvalue weighted by Crippen LogP contribution is -1.99. The number of aromatic nitrogens is 5. The van der Waals surface area contributed by atoms with Crippen LogP contribution in [0.2, 0.25) is 0 Å². The van der Waals surface area contributed by atoms with Gasteiger partial charge in [0.15, 0.2) is 0 Å². The van der Waals surface area contributed by atoms with Gasteiger partial charge in [-0.05, 0) is 71.4 Å². The molecule has 8 aromatic rings. The maximum absolute atomic E-state index is 5.07. The zero-order chi connectivity index (χ0) is 27.2. The van der Waals surface area contributed by atoms with Gasteiger partial charge in [0.1, 0.15) is 5.82 Å². The summed E-state index contributed by atoms with van der Waals surface area (Å²) >= 11 is 0. The topological polar surface area (TPSA) is 56.5 Å². The Morgan fingerprint density at radius 3 is 1.90 bits per heavy atom. The lowest BCUT2D eigenvalue weighted by Gasteiger charge is -2.10. The van der Waals surface area contributed by atoms with Gasteiger partial charge in [-0.2, -0.15) is 0 Å². The summed E-state index contributed by atoms with van der Waals surface area (Å²) in [4.78, 5) is 19.7. The van der Waals surface area contributed by atoms with E-state index in [0.717, 1.165) is 61.8 Å². The van der Waals surface area contributed by atoms with E-state index in [0.29, 0.717) is 0 Å². The van der Waals surface area contributed by atoms with Gasteiger partial charge in [-0.25, -0.2) is 15.0 Å². The summed E-state index contributed by atoms with van der Waals surface area (Å²) in [6.45, 7) is 0. The van der Waals surface area contributed by atoms with Crippen molar-refractivity contribution in [3.63, 3.8) is 0 Å². The molecule has 0 bridgehead atoms. The molecule has 0 unspecified atom stereocenters. The first kappa shape index (κ1) is 23.2. The van der Waals surface area contributed by atoms with Crippen LogP contribution in [0.15, 0.2) is 140 Å². The number of hydrogen-bond acceptors (Lipinski definition) is 4. The second-order valence-corrected chi connectivity index (χ2v) is 9.98. The highest BCUT2D eigenvalue weighted by Gasteiger charge is 2.14. The van der Waals surface area contributed by atoms with Crippen LogP contribution in [0.5, 0.6) is 0 Å². The smallest absolute Gasteiger partial charge is 0.138 e. The standard InChI is InChI=1S/C36H23N5/c1-2-10-25-23-26(21-20-24(25)9-1)28-12-5-13-29(38-28)30-14-6-15-31(39-30)32-16-7-19-35(40-32)41-33-17-4-3-11-27(33)36-34(41)18-8-22-37-36/h1-23H. The van der Waals surface area contributed by atoms with Gasteiger partial charge in [-0.3, -0.25) is 9.55 Å². The van der Waals surface area contributed by atoms with Crippen LogP contribution < -0.4 is 0 Å². The van der Waals surface area contributed by atoms with Crippen molar-refractivity contribution in [3.05, 3.63) is 140 Å². The van der Waals surface area contributed by atoms with Crippen LogP contribution >= 0.6 is 0 Å². The first-order valence-corrected chi connectivity index (χ1v) is 13.6. The summed E-state index contributed by atoms with van der Waals surface area (Å²) in [5.74, 6) is 0.824. The SMILES string of the molecule is c1cc(-c2ccc3ccccc3c2)nc(-c2cccc(-c3cccc(-n4c5ccccc5c5ncccc54)n3)n2)c1. The van der Waals surface area contributed by atoms with Crippen molar-refractivity contribution in [2.45, 2.75) is 0 Å². The van der Waals surface area contributed by atoms with Crippen molar-refractivity contribution in [3.8, 4) is 39.9 Å². The summed E-state index contributed by atoms with van der Waals surface area (Å²) in [7, 11) is 0. The summed E-state index contributed by atoms with van der Waals surface area (Å²) < 4.78 is 2.17. The second-order valence-electron chi connectivity index (χ2n) is 9.98. The number of fused-ring (bicyclic) bond motifs is 4. The van der Waals surface area contributed by atoms with Crippen LogP contribution in [-0.4, -0.2) is 24.5 Å². The highest BCUT2D eigenvalue weighted by molar-refractivity contribution is 6.06. The molecule has 5 heterocycles. The molecule has 0 saturated carbocycles. The Hall–Kier alpha value is -5.68. The molecule has 0 N–H and O–H groups in total. The lowest BCUT2D eigenvalue weighted by atomic mass is 10.0. The van der Waals surface area contributed by atoms with Crippen LogP contribution in [-0.2, 0) is 0 Å². The van der Waals surface area contributed by atoms with Crippen molar-refractivity contribution in [1.29, 1.82) is 0 Å². The third-order valence-electron chi connectivity index (χ3n) is 7.46. The number of nitrogens with zero attached hydrogens (tertiary/aromatic N) is 5. The number of rotatable bonds is 4. The van der Waals surface area contributed by atoms with Crippen LogP contribution in [0, 0.1) is 0 Å². The largest absolute Gasteiger partial charge is 0.292 e. The Balaban J connectivity index is 1.19. The fourth-order valence-electron chi connectivity index (χ4n) is 5.53. The van der Waals surface area contributed by atoms with Crippen molar-refractivity contribution < 1.29 is 0 Å². The van der Waals surface area contributed by atoms with Gasteiger partial charge in [0, 0.05) is 17.1 Å². The third kappa shape index (κ3) is 4.03. The predicted octanol–water partition coefficient (Wildman–Crippen LogP) is 8.52. The molecule has 5 aromatic heterocycles. The molecule has 0 amide bonds. The lowest BCUT2D eigenvalue weighted by molar-refractivity contribution is 1.07. The van der Waals surface area contributed by atoms with E-state index < -0.39 is 0 Å². The van der Waals surface area contributed by atoms with Crippen LogP contribution in [0.4, 0.5) is 0 Å². The molecule has 0 saturated heterocycles. The van der Waals surface area contributed by atoms with Gasteiger partial charge in [0.2, 0.25) is 0 Å². The van der Waals surface area contributed by atoms with E-state index in [9.17, 15) is 0 Å². The average molecular weight is 526 g/mol. The second kappa shape index (κ2) is 9.50. The number of hydrogen-bond donors (Lipinski definition) is 0. The Bertz CT molecular complexity index is 2180. The van der Waals surface area contributed by atoms with E-state index in [2.05, 4.69) is 70.2 Å². The van der Waals surface area contributed by atoms with Crippen molar-refractivity contribution in [1.82, 2.24) is 24.5 Å². The van der Waals surface area contributed by atoms with Gasteiger partial charge in [-0.1, -0.05) is 72.8 Å². The van der Waals surface area contributed by atoms with Gasteiger partial charge in [0.05, 0.1) is 45.0 Å². The molecular formula is C36H23N5. The minimum atomic E-state index is 0.793. The molecule has 0 atom stereocenters. The maximum atomic E-state index is 5.07. The molecule has 8 rings (SSSR count). The first-order chi connectivity index (χ1) is 20.3. The van der Waals surface area contributed by atoms with E-state index in [1.807, 2.05) is 79.0 Å². The van der Waals surface area contributed by atoms with Gasteiger partial charge in [-0.15, -0.1) is 0 Å². The maximum Gasteiger partial charge on any atom is 0.138 e. The average Bonchev–Trinajstić information content (AvgIpc) is 3.39. The molecule has 0 spiro atoms. The van der Waals surface area contributed by atoms with Crippen LogP contribution in [0.3, 0.4) is 0 Å². The summed E-state index contributed by atoms with van der Waals surface area (Å²) in [6.07, 6.45) is 1.83. The summed E-state index contributed by atoms with van der Waals surface area (Å²) in [5.41, 5.74) is 8.27. The molecule has 0 aliphatic heterocycles. The van der Waals surface area contributed by atoms with Gasteiger partial charge in [0.25, 0.3) is 0 Å². The Labute approximate surface area is 236 Å². The van der Waals surface area contributed by atoms with E-state index in [4.69, 9.17) is 15.0 Å². The molecule has 5 heteroatoms. The number of pyridine rings is 4. The molecule has 0 fully saturated rings. The number of para-hydroxylation sites is 1. The zero-order valence-corrected chi connectivity index (χ0v) is 22.0. The van der Waals surface area contributed by atoms with Crippen molar-refractivity contribution >= 4 is 32.7 Å². The molecular weight excluding hydrogens is 502 g/mol. The summed E-state index contributed by atoms with van der Waals surface area (Å²) in [5, 5.41) is 3.52. The van der Waals surface area contributed by atoms with E-state index in [1.165, 1.54) is 10.8 Å². The predicted molar refractivity (Wildman–Crippen MR) is 166 cm³/mol. The van der Waals surface area contributed by atoms with E-state index >= 15 is 0 Å². The molecule has 192 valence electrons. The highest BCUT2D eigenvalue weighted by atomic mass is 15.1. The normalized spacial score (nSPS) is 11.4. The van der Waals surface area contributed by atoms with Crippen LogP contribution in [0.1, 0.15) is 0 Å². The minimum absolute atomic E-state index is 0.793. The van der Waals surface area contributed by atoms with E-state index in [1.54, 1.807) is 0 Å².